The van der Waals surface area contributed by atoms with Crippen molar-refractivity contribution < 1.29 is 4.39 Å². The number of aromatic amines is 1. The fourth-order valence-corrected chi connectivity index (χ4v) is 2.12. The average molecular weight is 204 g/mol. The lowest BCUT2D eigenvalue weighted by atomic mass is 9.83. The summed E-state index contributed by atoms with van der Waals surface area (Å²) in [7, 11) is 0. The molecular formula is C12H13FN2. The van der Waals surface area contributed by atoms with Crippen molar-refractivity contribution in [1.82, 2.24) is 9.97 Å². The Kier molecular flexibility index (Phi) is 1.97. The summed E-state index contributed by atoms with van der Waals surface area (Å²) in [6.07, 6.45) is 4.88. The van der Waals surface area contributed by atoms with Crippen molar-refractivity contribution in [1.29, 1.82) is 0 Å². The van der Waals surface area contributed by atoms with Gasteiger partial charge in [-0.05, 0) is 18.1 Å². The molecule has 0 aliphatic heterocycles. The third-order valence-electron chi connectivity index (χ3n) is 3.22. The second kappa shape index (κ2) is 3.33. The molecular weight excluding hydrogens is 191 g/mol. The van der Waals surface area contributed by atoms with Gasteiger partial charge in [-0.15, -0.1) is 0 Å². The Morgan fingerprint density at radius 1 is 1.40 bits per heavy atom. The third kappa shape index (κ3) is 1.52. The second-order valence-electron chi connectivity index (χ2n) is 4.32. The molecule has 0 atom stereocenters. The summed E-state index contributed by atoms with van der Waals surface area (Å²) >= 11 is 0. The van der Waals surface area contributed by atoms with Crippen molar-refractivity contribution in [3.63, 3.8) is 0 Å². The second-order valence-corrected chi connectivity index (χ2v) is 4.32. The molecule has 0 unspecified atom stereocenters. The highest BCUT2D eigenvalue weighted by Crippen LogP contribution is 2.29. The number of rotatable bonds is 2. The van der Waals surface area contributed by atoms with Gasteiger partial charge in [-0.25, -0.2) is 9.37 Å². The van der Waals surface area contributed by atoms with Crippen LogP contribution in [0.3, 0.4) is 0 Å². The van der Waals surface area contributed by atoms with Crippen LogP contribution in [-0.4, -0.2) is 9.97 Å². The van der Waals surface area contributed by atoms with Crippen molar-refractivity contribution in [3.05, 3.63) is 29.8 Å². The normalized spacial score (nSPS) is 16.9. The fourth-order valence-electron chi connectivity index (χ4n) is 2.12. The molecule has 1 heterocycles. The molecule has 15 heavy (non-hydrogen) atoms. The predicted molar refractivity (Wildman–Crippen MR) is 57.1 cm³/mol. The molecule has 1 aromatic carbocycles. The van der Waals surface area contributed by atoms with Gasteiger partial charge in [0, 0.05) is 6.42 Å². The number of aromatic nitrogens is 2. The van der Waals surface area contributed by atoms with Crippen molar-refractivity contribution >= 4 is 11.0 Å². The van der Waals surface area contributed by atoms with Crippen LogP contribution in [-0.2, 0) is 6.42 Å². The zero-order chi connectivity index (χ0) is 10.3. The van der Waals surface area contributed by atoms with Crippen LogP contribution in [0.4, 0.5) is 4.39 Å². The Morgan fingerprint density at radius 3 is 2.93 bits per heavy atom. The molecule has 0 radical (unpaired) electrons. The fraction of sp³-hybridized carbons (Fsp3) is 0.417. The van der Waals surface area contributed by atoms with Gasteiger partial charge in [0.05, 0.1) is 5.52 Å². The van der Waals surface area contributed by atoms with Gasteiger partial charge in [-0.2, -0.15) is 0 Å². The van der Waals surface area contributed by atoms with Gasteiger partial charge in [0.1, 0.15) is 11.3 Å². The van der Waals surface area contributed by atoms with E-state index in [2.05, 4.69) is 9.97 Å². The predicted octanol–water partition coefficient (Wildman–Crippen LogP) is 3.04. The molecule has 1 aliphatic rings. The SMILES string of the molecule is Fc1cccc2[nH]c(CC3CCC3)nc12. The molecule has 2 aromatic rings. The summed E-state index contributed by atoms with van der Waals surface area (Å²) in [4.78, 5) is 7.49. The first-order valence-electron chi connectivity index (χ1n) is 5.46. The zero-order valence-corrected chi connectivity index (χ0v) is 8.46. The monoisotopic (exact) mass is 204 g/mol. The summed E-state index contributed by atoms with van der Waals surface area (Å²) in [6, 6.07) is 5.04. The van der Waals surface area contributed by atoms with Gasteiger partial charge in [0.15, 0.2) is 5.82 Å². The average Bonchev–Trinajstić information content (AvgIpc) is 2.56. The first-order chi connectivity index (χ1) is 7.33. The number of imidazole rings is 1. The van der Waals surface area contributed by atoms with E-state index < -0.39 is 0 Å². The topological polar surface area (TPSA) is 28.7 Å². The molecule has 78 valence electrons. The van der Waals surface area contributed by atoms with E-state index in [-0.39, 0.29) is 5.82 Å². The summed E-state index contributed by atoms with van der Waals surface area (Å²) in [5, 5.41) is 0. The van der Waals surface area contributed by atoms with Crippen LogP contribution >= 0.6 is 0 Å². The van der Waals surface area contributed by atoms with Crippen LogP contribution in [0.25, 0.3) is 11.0 Å². The number of nitrogens with one attached hydrogen (secondary N) is 1. The first-order valence-corrected chi connectivity index (χ1v) is 5.46. The standard InChI is InChI=1S/C12H13FN2/c13-9-5-2-6-10-12(9)15-11(14-10)7-8-3-1-4-8/h2,5-6,8H,1,3-4,7H2,(H,14,15). The summed E-state index contributed by atoms with van der Waals surface area (Å²) in [5.41, 5.74) is 1.29. The van der Waals surface area contributed by atoms with E-state index in [1.54, 1.807) is 6.07 Å². The Labute approximate surface area is 87.5 Å². The van der Waals surface area contributed by atoms with Crippen molar-refractivity contribution in [3.8, 4) is 0 Å². The van der Waals surface area contributed by atoms with E-state index in [4.69, 9.17) is 0 Å². The summed E-state index contributed by atoms with van der Waals surface area (Å²) < 4.78 is 13.4. The highest BCUT2D eigenvalue weighted by Gasteiger charge is 2.19. The van der Waals surface area contributed by atoms with Crippen LogP contribution in [0.1, 0.15) is 25.1 Å². The van der Waals surface area contributed by atoms with Gasteiger partial charge in [0.2, 0.25) is 0 Å². The van der Waals surface area contributed by atoms with Crippen LogP contribution in [0.2, 0.25) is 0 Å². The number of benzene rings is 1. The van der Waals surface area contributed by atoms with E-state index in [9.17, 15) is 4.39 Å². The Hall–Kier alpha value is -1.38. The smallest absolute Gasteiger partial charge is 0.151 e. The zero-order valence-electron chi connectivity index (χ0n) is 8.46. The largest absolute Gasteiger partial charge is 0.342 e. The van der Waals surface area contributed by atoms with Crippen LogP contribution in [0.15, 0.2) is 18.2 Å². The minimum absolute atomic E-state index is 0.233. The minimum atomic E-state index is -0.233. The van der Waals surface area contributed by atoms with Crippen molar-refractivity contribution in [2.45, 2.75) is 25.7 Å². The highest BCUT2D eigenvalue weighted by molar-refractivity contribution is 5.75. The number of para-hydroxylation sites is 1. The molecule has 1 aliphatic carbocycles. The minimum Gasteiger partial charge on any atom is -0.342 e. The number of halogens is 1. The molecule has 1 N–H and O–H groups in total. The van der Waals surface area contributed by atoms with E-state index in [0.29, 0.717) is 5.52 Å². The highest BCUT2D eigenvalue weighted by atomic mass is 19.1. The molecule has 0 saturated heterocycles. The molecule has 0 spiro atoms. The lowest BCUT2D eigenvalue weighted by Gasteiger charge is -2.23. The van der Waals surface area contributed by atoms with E-state index in [0.717, 1.165) is 23.7 Å². The van der Waals surface area contributed by atoms with E-state index >= 15 is 0 Å². The molecule has 1 aromatic heterocycles. The van der Waals surface area contributed by atoms with Crippen LogP contribution < -0.4 is 0 Å². The first kappa shape index (κ1) is 8.89. The summed E-state index contributed by atoms with van der Waals surface area (Å²) in [6.45, 7) is 0. The molecule has 0 bridgehead atoms. The quantitative estimate of drug-likeness (QED) is 0.800. The summed E-state index contributed by atoms with van der Waals surface area (Å²) in [5.74, 6) is 1.46. The van der Waals surface area contributed by atoms with Crippen LogP contribution in [0.5, 0.6) is 0 Å². The lowest BCUT2D eigenvalue weighted by molar-refractivity contribution is 0.310. The maximum atomic E-state index is 13.4. The van der Waals surface area contributed by atoms with Gasteiger partial charge >= 0.3 is 0 Å². The van der Waals surface area contributed by atoms with E-state index in [1.807, 2.05) is 6.07 Å². The van der Waals surface area contributed by atoms with Crippen molar-refractivity contribution in [2.75, 3.05) is 0 Å². The van der Waals surface area contributed by atoms with Gasteiger partial charge in [-0.1, -0.05) is 25.3 Å². The Bertz CT molecular complexity index is 485. The number of fused-ring (bicyclic) bond motifs is 1. The number of hydrogen-bond donors (Lipinski definition) is 1. The van der Waals surface area contributed by atoms with Gasteiger partial charge < -0.3 is 4.98 Å². The number of hydrogen-bond acceptors (Lipinski definition) is 1. The maximum Gasteiger partial charge on any atom is 0.151 e. The van der Waals surface area contributed by atoms with Crippen LogP contribution in [0, 0.1) is 11.7 Å². The number of nitrogens with zero attached hydrogens (tertiary/aromatic N) is 1. The molecule has 3 rings (SSSR count). The molecule has 1 fully saturated rings. The lowest BCUT2D eigenvalue weighted by Crippen LogP contribution is -2.14. The molecule has 3 heteroatoms. The molecule has 2 nitrogen and oxygen atoms in total. The van der Waals surface area contributed by atoms with E-state index in [1.165, 1.54) is 25.3 Å². The maximum absolute atomic E-state index is 13.4. The Balaban J connectivity index is 1.95. The molecule has 1 saturated carbocycles. The van der Waals surface area contributed by atoms with Gasteiger partial charge in [0.25, 0.3) is 0 Å². The third-order valence-corrected chi connectivity index (χ3v) is 3.22. The van der Waals surface area contributed by atoms with Crippen molar-refractivity contribution in [2.24, 2.45) is 5.92 Å². The van der Waals surface area contributed by atoms with Gasteiger partial charge in [-0.3, -0.25) is 0 Å². The Morgan fingerprint density at radius 2 is 2.27 bits per heavy atom. The molecule has 0 amide bonds. The number of H-pyrrole nitrogens is 1.